The Morgan fingerprint density at radius 1 is 1.13 bits per heavy atom. The van der Waals surface area contributed by atoms with E-state index < -0.39 is 0 Å². The molecule has 1 unspecified atom stereocenters. The molecule has 1 aromatic heterocycles. The standard InChI is InChI=1S/C21H24ClN5O3/c1-14(29-18-7-5-4-6-17(18)28-3)12-24-21(23-2)25-13-19-26-20(27-30-19)15-8-10-16(22)11-9-15/h4-11,14H,12-13H2,1-3H3,(H2,23,24,25). The topological polar surface area (TPSA) is 93.8 Å². The van der Waals surface area contributed by atoms with E-state index in [2.05, 4.69) is 25.8 Å². The van der Waals surface area contributed by atoms with Crippen LogP contribution in [0.15, 0.2) is 58.0 Å². The molecule has 0 saturated carbocycles. The van der Waals surface area contributed by atoms with Crippen LogP contribution in [-0.2, 0) is 6.54 Å². The molecule has 2 aromatic carbocycles. The highest BCUT2D eigenvalue weighted by molar-refractivity contribution is 6.30. The van der Waals surface area contributed by atoms with E-state index in [1.165, 1.54) is 0 Å². The van der Waals surface area contributed by atoms with Crippen LogP contribution in [0.4, 0.5) is 0 Å². The lowest BCUT2D eigenvalue weighted by Crippen LogP contribution is -2.41. The van der Waals surface area contributed by atoms with Gasteiger partial charge in [0.1, 0.15) is 6.10 Å². The number of guanidine groups is 1. The fourth-order valence-corrected chi connectivity index (χ4v) is 2.76. The van der Waals surface area contributed by atoms with E-state index in [0.29, 0.717) is 47.3 Å². The van der Waals surface area contributed by atoms with Gasteiger partial charge in [-0.25, -0.2) is 0 Å². The van der Waals surface area contributed by atoms with Crippen molar-refractivity contribution >= 4 is 17.6 Å². The molecular weight excluding hydrogens is 406 g/mol. The molecule has 2 N–H and O–H groups in total. The third kappa shape index (κ3) is 5.87. The molecule has 0 radical (unpaired) electrons. The minimum Gasteiger partial charge on any atom is -0.493 e. The summed E-state index contributed by atoms with van der Waals surface area (Å²) >= 11 is 5.91. The number of ether oxygens (including phenoxy) is 2. The van der Waals surface area contributed by atoms with Crippen LogP contribution >= 0.6 is 11.6 Å². The first-order valence-corrected chi connectivity index (χ1v) is 9.79. The maximum atomic E-state index is 5.93. The summed E-state index contributed by atoms with van der Waals surface area (Å²) in [5, 5.41) is 11.0. The highest BCUT2D eigenvalue weighted by Crippen LogP contribution is 2.26. The number of para-hydroxylation sites is 2. The number of aromatic nitrogens is 2. The van der Waals surface area contributed by atoms with Gasteiger partial charge in [0.25, 0.3) is 0 Å². The van der Waals surface area contributed by atoms with Crippen molar-refractivity contribution in [1.82, 2.24) is 20.8 Å². The molecule has 9 heteroatoms. The van der Waals surface area contributed by atoms with Gasteiger partial charge >= 0.3 is 0 Å². The Balaban J connectivity index is 1.48. The first-order valence-electron chi connectivity index (χ1n) is 9.41. The minimum atomic E-state index is -0.111. The van der Waals surface area contributed by atoms with Gasteiger partial charge in [-0.1, -0.05) is 28.9 Å². The smallest absolute Gasteiger partial charge is 0.246 e. The zero-order chi connectivity index (χ0) is 21.3. The number of rotatable bonds is 8. The second kappa shape index (κ2) is 10.5. The summed E-state index contributed by atoms with van der Waals surface area (Å²) in [5.74, 6) is 2.93. The van der Waals surface area contributed by atoms with Crippen LogP contribution in [0.2, 0.25) is 5.02 Å². The van der Waals surface area contributed by atoms with Crippen LogP contribution in [0.25, 0.3) is 11.4 Å². The molecule has 3 aromatic rings. The van der Waals surface area contributed by atoms with Crippen LogP contribution in [0.5, 0.6) is 11.5 Å². The number of methoxy groups -OCH3 is 1. The maximum absolute atomic E-state index is 5.93. The number of nitrogens with zero attached hydrogens (tertiary/aromatic N) is 3. The van der Waals surface area contributed by atoms with E-state index in [0.717, 1.165) is 5.56 Å². The number of nitrogens with one attached hydrogen (secondary N) is 2. The fourth-order valence-electron chi connectivity index (χ4n) is 2.64. The number of halogens is 1. The van der Waals surface area contributed by atoms with Crippen molar-refractivity contribution < 1.29 is 14.0 Å². The summed E-state index contributed by atoms with van der Waals surface area (Å²) in [7, 11) is 3.31. The summed E-state index contributed by atoms with van der Waals surface area (Å²) in [6.45, 7) is 2.84. The number of hydrogen-bond donors (Lipinski definition) is 2. The average molecular weight is 430 g/mol. The van der Waals surface area contributed by atoms with Crippen molar-refractivity contribution in [3.8, 4) is 22.9 Å². The van der Waals surface area contributed by atoms with Gasteiger partial charge in [-0.3, -0.25) is 4.99 Å². The van der Waals surface area contributed by atoms with E-state index in [1.54, 1.807) is 26.3 Å². The quantitative estimate of drug-likeness (QED) is 0.418. The number of aliphatic imine (C=N–C) groups is 1. The molecule has 3 rings (SSSR count). The summed E-state index contributed by atoms with van der Waals surface area (Å²) in [5.41, 5.74) is 0.833. The van der Waals surface area contributed by atoms with Gasteiger partial charge in [0.05, 0.1) is 20.2 Å². The van der Waals surface area contributed by atoms with Gasteiger partial charge in [-0.2, -0.15) is 4.98 Å². The van der Waals surface area contributed by atoms with Crippen LogP contribution in [0, 0.1) is 0 Å². The molecular formula is C21H24ClN5O3. The molecule has 0 aliphatic heterocycles. The first kappa shape index (κ1) is 21.4. The molecule has 30 heavy (non-hydrogen) atoms. The van der Waals surface area contributed by atoms with E-state index in [9.17, 15) is 0 Å². The van der Waals surface area contributed by atoms with E-state index in [1.807, 2.05) is 43.3 Å². The predicted octanol–water partition coefficient (Wildman–Crippen LogP) is 3.53. The lowest BCUT2D eigenvalue weighted by Gasteiger charge is -2.18. The van der Waals surface area contributed by atoms with Crippen LogP contribution < -0.4 is 20.1 Å². The molecule has 8 nitrogen and oxygen atoms in total. The Morgan fingerprint density at radius 3 is 2.57 bits per heavy atom. The van der Waals surface area contributed by atoms with Crippen molar-refractivity contribution in [2.75, 3.05) is 20.7 Å². The van der Waals surface area contributed by atoms with E-state index >= 15 is 0 Å². The van der Waals surface area contributed by atoms with Gasteiger partial charge in [0.15, 0.2) is 17.5 Å². The van der Waals surface area contributed by atoms with Crippen molar-refractivity contribution in [2.24, 2.45) is 4.99 Å². The van der Waals surface area contributed by atoms with E-state index in [4.69, 9.17) is 25.6 Å². The van der Waals surface area contributed by atoms with Crippen LogP contribution in [0.3, 0.4) is 0 Å². The SMILES string of the molecule is CN=C(NCc1nc(-c2ccc(Cl)cc2)no1)NCC(C)Oc1ccccc1OC. The highest BCUT2D eigenvalue weighted by Gasteiger charge is 2.11. The third-order valence-electron chi connectivity index (χ3n) is 4.16. The van der Waals surface area contributed by atoms with Gasteiger partial charge in [0.2, 0.25) is 11.7 Å². The van der Waals surface area contributed by atoms with Gasteiger partial charge in [0, 0.05) is 17.6 Å². The second-order valence-corrected chi connectivity index (χ2v) is 6.84. The molecule has 0 spiro atoms. The Bertz CT molecular complexity index is 975. The molecule has 0 aliphatic rings. The molecule has 0 amide bonds. The lowest BCUT2D eigenvalue weighted by atomic mass is 10.2. The Morgan fingerprint density at radius 2 is 1.87 bits per heavy atom. The molecule has 0 aliphatic carbocycles. The van der Waals surface area contributed by atoms with Gasteiger partial charge < -0.3 is 24.6 Å². The Hall–Kier alpha value is -3.26. The molecule has 0 fully saturated rings. The summed E-state index contributed by atoms with van der Waals surface area (Å²) in [4.78, 5) is 8.58. The minimum absolute atomic E-state index is 0.111. The van der Waals surface area contributed by atoms with E-state index in [-0.39, 0.29) is 6.10 Å². The molecule has 0 bridgehead atoms. The third-order valence-corrected chi connectivity index (χ3v) is 4.41. The number of hydrogen-bond acceptors (Lipinski definition) is 6. The van der Waals surface area contributed by atoms with Crippen molar-refractivity contribution in [1.29, 1.82) is 0 Å². The summed E-state index contributed by atoms with van der Waals surface area (Å²) < 4.78 is 16.5. The molecule has 158 valence electrons. The summed E-state index contributed by atoms with van der Waals surface area (Å²) in [6.07, 6.45) is -0.111. The van der Waals surface area contributed by atoms with Crippen LogP contribution in [0.1, 0.15) is 12.8 Å². The zero-order valence-corrected chi connectivity index (χ0v) is 17.8. The largest absolute Gasteiger partial charge is 0.493 e. The van der Waals surface area contributed by atoms with Gasteiger partial charge in [-0.15, -0.1) is 0 Å². The average Bonchev–Trinajstić information content (AvgIpc) is 3.24. The lowest BCUT2D eigenvalue weighted by molar-refractivity contribution is 0.213. The Labute approximate surface area is 180 Å². The van der Waals surface area contributed by atoms with Crippen molar-refractivity contribution in [3.63, 3.8) is 0 Å². The predicted molar refractivity (Wildman–Crippen MR) is 116 cm³/mol. The monoisotopic (exact) mass is 429 g/mol. The molecule has 0 saturated heterocycles. The Kier molecular flexibility index (Phi) is 7.51. The van der Waals surface area contributed by atoms with Crippen molar-refractivity contribution in [2.45, 2.75) is 19.6 Å². The highest BCUT2D eigenvalue weighted by atomic mass is 35.5. The zero-order valence-electron chi connectivity index (χ0n) is 17.1. The first-order chi connectivity index (χ1) is 14.6. The second-order valence-electron chi connectivity index (χ2n) is 6.40. The number of benzene rings is 2. The van der Waals surface area contributed by atoms with Crippen molar-refractivity contribution in [3.05, 3.63) is 59.4 Å². The van der Waals surface area contributed by atoms with Crippen LogP contribution in [-0.4, -0.2) is 42.9 Å². The molecule has 1 heterocycles. The fraction of sp³-hybridized carbons (Fsp3) is 0.286. The maximum Gasteiger partial charge on any atom is 0.246 e. The normalized spacial score (nSPS) is 12.3. The molecule has 1 atom stereocenters. The van der Waals surface area contributed by atoms with Gasteiger partial charge in [-0.05, 0) is 43.3 Å². The summed E-state index contributed by atoms with van der Waals surface area (Å²) in [6, 6.07) is 14.8.